The highest BCUT2D eigenvalue weighted by Crippen LogP contribution is 2.37. The highest BCUT2D eigenvalue weighted by Gasteiger charge is 2.34. The zero-order valence-electron chi connectivity index (χ0n) is 17.1. The lowest BCUT2D eigenvalue weighted by Crippen LogP contribution is -2.39. The Morgan fingerprint density at radius 3 is 2.41 bits per heavy atom. The number of alkyl halides is 3. The Morgan fingerprint density at radius 1 is 1.22 bits per heavy atom. The van der Waals surface area contributed by atoms with Gasteiger partial charge in [0.1, 0.15) is 6.54 Å². The van der Waals surface area contributed by atoms with Gasteiger partial charge in [-0.25, -0.2) is 13.8 Å². The molecule has 0 spiro atoms. The van der Waals surface area contributed by atoms with Gasteiger partial charge in [-0.1, -0.05) is 17.7 Å². The van der Waals surface area contributed by atoms with Crippen molar-refractivity contribution in [3.05, 3.63) is 57.0 Å². The Labute approximate surface area is 197 Å². The van der Waals surface area contributed by atoms with Crippen molar-refractivity contribution < 1.29 is 26.4 Å². The Balaban J connectivity index is 2.18. The average molecular weight is 556 g/mol. The van der Waals surface area contributed by atoms with Crippen LogP contribution in [0.1, 0.15) is 11.1 Å². The van der Waals surface area contributed by atoms with Gasteiger partial charge in [-0.05, 0) is 51.8 Å². The summed E-state index contributed by atoms with van der Waals surface area (Å²) in [5.74, 6) is -0.848. The number of hydrogen-bond donors (Lipinski definition) is 1. The maximum Gasteiger partial charge on any atom is 0.417 e. The fourth-order valence-electron chi connectivity index (χ4n) is 2.60. The Hall–Kier alpha value is -2.31. The fourth-order valence-corrected chi connectivity index (χ4v) is 4.42. The molecule has 174 valence electrons. The number of carbonyl (C=O) groups excluding carboxylic acids is 1. The number of carbonyl (C=O) groups is 1. The van der Waals surface area contributed by atoms with Gasteiger partial charge in [0.15, 0.2) is 0 Å². The summed E-state index contributed by atoms with van der Waals surface area (Å²) in [5, 5.41) is 3.19. The molecule has 0 aromatic heterocycles. The predicted octanol–water partition coefficient (Wildman–Crippen LogP) is 4.10. The van der Waals surface area contributed by atoms with Crippen molar-refractivity contribution in [3.8, 4) is 0 Å². The number of sulfonamides is 1. The first-order chi connectivity index (χ1) is 14.7. The molecule has 0 atom stereocenters. The molecule has 1 N–H and O–H groups in total. The van der Waals surface area contributed by atoms with Crippen molar-refractivity contribution in [2.75, 3.05) is 36.1 Å². The van der Waals surface area contributed by atoms with Gasteiger partial charge in [0.25, 0.3) is 5.91 Å². The van der Waals surface area contributed by atoms with Crippen molar-refractivity contribution in [1.82, 2.24) is 5.43 Å². The fraction of sp³-hybridized carbons (Fsp3) is 0.263. The second kappa shape index (κ2) is 10.1. The lowest BCUT2D eigenvalue weighted by molar-refractivity contribution is -0.137. The molecule has 1 amide bonds. The number of nitrogens with one attached hydrogen (secondary N) is 1. The number of anilines is 2. The van der Waals surface area contributed by atoms with E-state index in [1.807, 2.05) is 25.1 Å². The average Bonchev–Trinajstić information content (AvgIpc) is 2.64. The molecule has 0 radical (unpaired) electrons. The first-order valence-electron chi connectivity index (χ1n) is 8.83. The smallest absolute Gasteiger partial charge is 0.377 e. The van der Waals surface area contributed by atoms with Crippen LogP contribution < -0.4 is 14.6 Å². The monoisotopic (exact) mass is 554 g/mol. The molecule has 0 saturated carbocycles. The van der Waals surface area contributed by atoms with Crippen molar-refractivity contribution >= 4 is 61.1 Å². The topological polar surface area (TPSA) is 82.1 Å². The highest BCUT2D eigenvalue weighted by molar-refractivity contribution is 9.10. The molecule has 0 heterocycles. The molecule has 0 aliphatic heterocycles. The summed E-state index contributed by atoms with van der Waals surface area (Å²) in [6.45, 7) is -0.779. The SMILES string of the molecule is CN(C)c1ccc(/C=N/NC(=O)CN(c2ccc(Cl)c(C(F)(F)F)c2)S(C)(=O)=O)cc1Br. The maximum absolute atomic E-state index is 13.1. The first kappa shape index (κ1) is 25.9. The van der Waals surface area contributed by atoms with Crippen LogP contribution in [0, 0.1) is 0 Å². The number of hydrazone groups is 1. The Kier molecular flexibility index (Phi) is 8.18. The Bertz CT molecular complexity index is 1140. The third-order valence-electron chi connectivity index (χ3n) is 4.09. The van der Waals surface area contributed by atoms with Gasteiger partial charge < -0.3 is 4.90 Å². The standard InChI is InChI=1S/C19H19BrClF3N4O3S/c1-27(2)17-7-4-12(8-15(17)20)10-25-26-18(29)11-28(32(3,30)31)13-5-6-16(21)14(9-13)19(22,23)24/h4-10H,11H2,1-3H3,(H,26,29)/b25-10+. The van der Waals surface area contributed by atoms with Crippen LogP contribution in [0.2, 0.25) is 5.02 Å². The molecule has 0 bridgehead atoms. The summed E-state index contributed by atoms with van der Waals surface area (Å²) >= 11 is 9.00. The first-order valence-corrected chi connectivity index (χ1v) is 11.9. The van der Waals surface area contributed by atoms with Gasteiger partial charge in [0.05, 0.1) is 34.4 Å². The molecule has 0 saturated heterocycles. The lowest BCUT2D eigenvalue weighted by atomic mass is 10.2. The summed E-state index contributed by atoms with van der Waals surface area (Å²) in [6, 6.07) is 7.93. The van der Waals surface area contributed by atoms with Crippen LogP contribution in [-0.4, -0.2) is 47.4 Å². The van der Waals surface area contributed by atoms with Crippen LogP contribution in [0.15, 0.2) is 46.0 Å². The number of hydrogen-bond acceptors (Lipinski definition) is 5. The molecular weight excluding hydrogens is 537 g/mol. The van der Waals surface area contributed by atoms with E-state index in [1.54, 1.807) is 12.1 Å². The number of nitrogens with zero attached hydrogens (tertiary/aromatic N) is 3. The van der Waals surface area contributed by atoms with E-state index in [0.717, 1.165) is 28.5 Å². The number of rotatable bonds is 7. The van der Waals surface area contributed by atoms with E-state index in [9.17, 15) is 26.4 Å². The Morgan fingerprint density at radius 2 is 1.88 bits per heavy atom. The third kappa shape index (κ3) is 6.84. The van der Waals surface area contributed by atoms with E-state index >= 15 is 0 Å². The summed E-state index contributed by atoms with van der Waals surface area (Å²) in [5.41, 5.74) is 2.17. The van der Waals surface area contributed by atoms with Gasteiger partial charge in [0.2, 0.25) is 10.0 Å². The van der Waals surface area contributed by atoms with Crippen LogP contribution in [0.25, 0.3) is 0 Å². The summed E-state index contributed by atoms with van der Waals surface area (Å²) in [7, 11) is -0.335. The molecule has 13 heteroatoms. The van der Waals surface area contributed by atoms with Crippen LogP contribution in [0.3, 0.4) is 0 Å². The van der Waals surface area contributed by atoms with Crippen molar-refractivity contribution in [1.29, 1.82) is 0 Å². The predicted molar refractivity (Wildman–Crippen MR) is 123 cm³/mol. The second-order valence-electron chi connectivity index (χ2n) is 6.83. The zero-order valence-corrected chi connectivity index (χ0v) is 20.3. The second-order valence-corrected chi connectivity index (χ2v) is 10.00. The van der Waals surface area contributed by atoms with Gasteiger partial charge in [-0.2, -0.15) is 18.3 Å². The molecule has 0 aliphatic rings. The van der Waals surface area contributed by atoms with E-state index in [2.05, 4.69) is 26.5 Å². The molecule has 0 aliphatic carbocycles. The highest BCUT2D eigenvalue weighted by atomic mass is 79.9. The molecule has 0 unspecified atom stereocenters. The molecule has 0 fully saturated rings. The normalized spacial score (nSPS) is 12.1. The maximum atomic E-state index is 13.1. The number of halogens is 5. The largest absolute Gasteiger partial charge is 0.417 e. The minimum absolute atomic E-state index is 0.355. The molecule has 2 aromatic carbocycles. The summed E-state index contributed by atoms with van der Waals surface area (Å²) in [4.78, 5) is 14.1. The molecule has 2 aromatic rings. The minimum Gasteiger partial charge on any atom is -0.377 e. The van der Waals surface area contributed by atoms with E-state index in [0.29, 0.717) is 15.9 Å². The molecule has 2 rings (SSSR count). The van der Waals surface area contributed by atoms with Crippen molar-refractivity contribution in [2.24, 2.45) is 5.10 Å². The van der Waals surface area contributed by atoms with E-state index in [4.69, 9.17) is 11.6 Å². The summed E-state index contributed by atoms with van der Waals surface area (Å²) < 4.78 is 64.9. The van der Waals surface area contributed by atoms with Crippen molar-refractivity contribution in [2.45, 2.75) is 6.18 Å². The third-order valence-corrected chi connectivity index (χ3v) is 6.19. The molecule has 32 heavy (non-hydrogen) atoms. The zero-order chi connectivity index (χ0) is 24.3. The van der Waals surface area contributed by atoms with Gasteiger partial charge in [-0.15, -0.1) is 0 Å². The van der Waals surface area contributed by atoms with Crippen LogP contribution in [0.5, 0.6) is 0 Å². The van der Waals surface area contributed by atoms with Gasteiger partial charge in [-0.3, -0.25) is 9.10 Å². The van der Waals surface area contributed by atoms with E-state index in [-0.39, 0.29) is 5.69 Å². The van der Waals surface area contributed by atoms with Crippen LogP contribution >= 0.6 is 27.5 Å². The molecule has 7 nitrogen and oxygen atoms in total. The van der Waals surface area contributed by atoms with Crippen LogP contribution in [-0.2, 0) is 21.0 Å². The minimum atomic E-state index is -4.79. The lowest BCUT2D eigenvalue weighted by Gasteiger charge is -2.22. The van der Waals surface area contributed by atoms with E-state index < -0.39 is 39.2 Å². The van der Waals surface area contributed by atoms with Crippen LogP contribution in [0.4, 0.5) is 24.5 Å². The number of benzene rings is 2. The molecular formula is C19H19BrClF3N4O3S. The van der Waals surface area contributed by atoms with Gasteiger partial charge >= 0.3 is 6.18 Å². The summed E-state index contributed by atoms with van der Waals surface area (Å²) in [6.07, 6.45) is -2.68. The van der Waals surface area contributed by atoms with E-state index in [1.165, 1.54) is 6.21 Å². The van der Waals surface area contributed by atoms with Crippen molar-refractivity contribution in [3.63, 3.8) is 0 Å². The quantitative estimate of drug-likeness (QED) is 0.412. The van der Waals surface area contributed by atoms with Gasteiger partial charge in [0, 0.05) is 18.6 Å². The number of amides is 1.